The first-order chi connectivity index (χ1) is 10.4. The van der Waals surface area contributed by atoms with Gasteiger partial charge in [0.25, 0.3) is 5.19 Å². The van der Waals surface area contributed by atoms with Crippen LogP contribution in [0.5, 0.6) is 10.9 Å². The van der Waals surface area contributed by atoms with Crippen molar-refractivity contribution in [3.8, 4) is 10.9 Å². The molecule has 2 aromatic rings. The van der Waals surface area contributed by atoms with Crippen LogP contribution in [-0.4, -0.2) is 21.8 Å². The van der Waals surface area contributed by atoms with Crippen LogP contribution in [0.2, 0.25) is 0 Å². The van der Waals surface area contributed by atoms with Crippen molar-refractivity contribution < 1.29 is 24.0 Å². The number of esters is 2. The highest BCUT2D eigenvalue weighted by molar-refractivity contribution is 7.16. The van der Waals surface area contributed by atoms with E-state index in [4.69, 9.17) is 15.2 Å². The lowest BCUT2D eigenvalue weighted by atomic mass is 10.2. The van der Waals surface area contributed by atoms with E-state index >= 15 is 0 Å². The number of hydrogen-bond donors (Lipinski definition) is 1. The molecule has 9 nitrogen and oxygen atoms in total. The topological polar surface area (TPSA) is 135 Å². The van der Waals surface area contributed by atoms with Crippen molar-refractivity contribution in [2.75, 3.05) is 5.73 Å². The number of benzene rings is 1. The summed E-state index contributed by atoms with van der Waals surface area (Å²) in [6.45, 7) is 1.17. The maximum atomic E-state index is 12.0. The molecule has 0 fully saturated rings. The van der Waals surface area contributed by atoms with Gasteiger partial charge in [0.05, 0.1) is 4.92 Å². The molecule has 2 N–H and O–H groups in total. The first-order valence-electron chi connectivity index (χ1n) is 5.77. The molecule has 1 heterocycles. The van der Waals surface area contributed by atoms with E-state index in [-0.39, 0.29) is 27.2 Å². The molecule has 114 valence electrons. The number of nitrogen functional groups attached to an aromatic ring is 1. The van der Waals surface area contributed by atoms with Gasteiger partial charge in [-0.15, -0.1) is 0 Å². The number of ether oxygens (including phenoxy) is 2. The summed E-state index contributed by atoms with van der Waals surface area (Å²) in [7, 11) is 0. The molecule has 0 bridgehead atoms. The molecule has 0 saturated carbocycles. The number of carbonyl (C=O) groups excluding carboxylic acids is 2. The minimum atomic E-state index is -0.875. The molecule has 0 atom stereocenters. The van der Waals surface area contributed by atoms with E-state index in [9.17, 15) is 19.7 Å². The minimum absolute atomic E-state index is 0.0535. The molecule has 2 rings (SSSR count). The van der Waals surface area contributed by atoms with Crippen molar-refractivity contribution in [1.29, 1.82) is 0 Å². The zero-order chi connectivity index (χ0) is 16.3. The van der Waals surface area contributed by atoms with Crippen LogP contribution in [0.4, 0.5) is 10.7 Å². The van der Waals surface area contributed by atoms with Gasteiger partial charge in [0, 0.05) is 18.7 Å². The largest absolute Gasteiger partial charge is 0.426 e. The summed E-state index contributed by atoms with van der Waals surface area (Å²) in [5.41, 5.74) is 5.80. The number of thiazole rings is 1. The summed E-state index contributed by atoms with van der Waals surface area (Å²) in [5, 5.41) is 10.1. The Kier molecular flexibility index (Phi) is 4.32. The van der Waals surface area contributed by atoms with Crippen molar-refractivity contribution in [3.05, 3.63) is 40.1 Å². The molecule has 0 aliphatic carbocycles. The van der Waals surface area contributed by atoms with Crippen LogP contribution in [-0.2, 0) is 4.79 Å². The maximum Gasteiger partial charge on any atom is 0.349 e. The number of nitro groups is 1. The Morgan fingerprint density at radius 3 is 2.68 bits per heavy atom. The average molecular weight is 323 g/mol. The van der Waals surface area contributed by atoms with Crippen molar-refractivity contribution in [3.63, 3.8) is 0 Å². The van der Waals surface area contributed by atoms with Crippen molar-refractivity contribution in [1.82, 2.24) is 4.98 Å². The molecule has 0 unspecified atom stereocenters. The van der Waals surface area contributed by atoms with Gasteiger partial charge in [0.15, 0.2) is 0 Å². The predicted molar refractivity (Wildman–Crippen MR) is 75.9 cm³/mol. The monoisotopic (exact) mass is 323 g/mol. The van der Waals surface area contributed by atoms with Crippen LogP contribution < -0.4 is 15.2 Å². The van der Waals surface area contributed by atoms with Crippen LogP contribution in [0.25, 0.3) is 0 Å². The van der Waals surface area contributed by atoms with Gasteiger partial charge in [-0.1, -0.05) is 0 Å². The lowest BCUT2D eigenvalue weighted by molar-refractivity contribution is -0.380. The van der Waals surface area contributed by atoms with Crippen molar-refractivity contribution >= 4 is 34.0 Å². The third-order valence-corrected chi connectivity index (χ3v) is 3.14. The molecule has 0 amide bonds. The fourth-order valence-corrected chi connectivity index (χ4v) is 2.04. The predicted octanol–water partition coefficient (Wildman–Crippen LogP) is 1.78. The van der Waals surface area contributed by atoms with E-state index in [0.717, 1.165) is 6.20 Å². The minimum Gasteiger partial charge on any atom is -0.426 e. The summed E-state index contributed by atoms with van der Waals surface area (Å²) in [4.78, 5) is 36.6. The molecule has 1 aromatic carbocycles. The fourth-order valence-electron chi connectivity index (χ4n) is 1.46. The third kappa shape index (κ3) is 3.55. The Hall–Kier alpha value is -3.01. The molecule has 0 radical (unpaired) electrons. The van der Waals surface area contributed by atoms with Crippen LogP contribution >= 0.6 is 11.3 Å². The zero-order valence-corrected chi connectivity index (χ0v) is 12.0. The van der Waals surface area contributed by atoms with Gasteiger partial charge >= 0.3 is 16.9 Å². The maximum absolute atomic E-state index is 12.0. The average Bonchev–Trinajstić information content (AvgIpc) is 2.86. The summed E-state index contributed by atoms with van der Waals surface area (Å²) in [6.07, 6.45) is 0.975. The summed E-state index contributed by atoms with van der Waals surface area (Å²) in [6, 6.07) is 4.04. The summed E-state index contributed by atoms with van der Waals surface area (Å²) < 4.78 is 9.81. The number of carbonyl (C=O) groups is 2. The van der Waals surface area contributed by atoms with Crippen LogP contribution in [0.3, 0.4) is 0 Å². The van der Waals surface area contributed by atoms with Gasteiger partial charge in [0.2, 0.25) is 0 Å². The van der Waals surface area contributed by atoms with Gasteiger partial charge in [-0.05, 0) is 23.5 Å². The Morgan fingerprint density at radius 2 is 2.09 bits per heavy atom. The number of nitrogens with zero attached hydrogens (tertiary/aromatic N) is 2. The first-order valence-corrected chi connectivity index (χ1v) is 6.59. The molecule has 0 spiro atoms. The molecule has 22 heavy (non-hydrogen) atoms. The van der Waals surface area contributed by atoms with Crippen LogP contribution in [0.1, 0.15) is 17.3 Å². The second kappa shape index (κ2) is 6.18. The van der Waals surface area contributed by atoms with Gasteiger partial charge in [-0.2, -0.15) is 0 Å². The quantitative estimate of drug-likeness (QED) is 0.296. The molecule has 0 saturated heterocycles. The van der Waals surface area contributed by atoms with Gasteiger partial charge in [-0.25, -0.2) is 9.78 Å². The molecule has 0 aliphatic rings. The van der Waals surface area contributed by atoms with E-state index in [1.807, 2.05) is 0 Å². The van der Waals surface area contributed by atoms with Crippen LogP contribution in [0, 0.1) is 10.1 Å². The van der Waals surface area contributed by atoms with Crippen molar-refractivity contribution in [2.45, 2.75) is 6.92 Å². The lowest BCUT2D eigenvalue weighted by Crippen LogP contribution is -2.12. The second-order valence-corrected chi connectivity index (χ2v) is 4.93. The SMILES string of the molecule is CC(=O)Oc1cc(N)ccc1C(=O)Oc1ncc([N+](=O)[O-])s1. The number of aromatic nitrogens is 1. The summed E-state index contributed by atoms with van der Waals surface area (Å²) >= 11 is 0.601. The highest BCUT2D eigenvalue weighted by Gasteiger charge is 2.20. The zero-order valence-electron chi connectivity index (χ0n) is 11.1. The molecular formula is C12H9N3O6S. The Labute approximate surface area is 127 Å². The lowest BCUT2D eigenvalue weighted by Gasteiger charge is -2.08. The van der Waals surface area contributed by atoms with Gasteiger partial charge < -0.3 is 15.2 Å². The van der Waals surface area contributed by atoms with E-state index in [0.29, 0.717) is 11.3 Å². The van der Waals surface area contributed by atoms with Crippen LogP contribution in [0.15, 0.2) is 24.4 Å². The van der Waals surface area contributed by atoms with E-state index in [1.54, 1.807) is 0 Å². The molecule has 10 heteroatoms. The van der Waals surface area contributed by atoms with Gasteiger partial charge in [0.1, 0.15) is 17.5 Å². The van der Waals surface area contributed by atoms with Crippen molar-refractivity contribution in [2.24, 2.45) is 0 Å². The first kappa shape index (κ1) is 15.4. The van der Waals surface area contributed by atoms with E-state index in [1.165, 1.54) is 25.1 Å². The van der Waals surface area contributed by atoms with E-state index < -0.39 is 16.9 Å². The number of nitrogens with two attached hydrogens (primary N) is 1. The summed E-state index contributed by atoms with van der Waals surface area (Å²) in [5.74, 6) is -1.58. The molecule has 0 aliphatic heterocycles. The number of hydrogen-bond acceptors (Lipinski definition) is 9. The standard InChI is InChI=1S/C12H9N3O6S/c1-6(16)20-9-4-7(13)2-3-8(9)11(17)21-12-14-5-10(22-12)15(18)19/h2-5H,13H2,1H3. The Balaban J connectivity index is 2.24. The fraction of sp³-hybridized carbons (Fsp3) is 0.0833. The Morgan fingerprint density at radius 1 is 1.36 bits per heavy atom. The smallest absolute Gasteiger partial charge is 0.349 e. The molecular weight excluding hydrogens is 314 g/mol. The van der Waals surface area contributed by atoms with Gasteiger partial charge in [-0.3, -0.25) is 14.9 Å². The number of rotatable bonds is 4. The second-order valence-electron chi connectivity index (χ2n) is 3.96. The Bertz CT molecular complexity index is 757. The van der Waals surface area contributed by atoms with E-state index in [2.05, 4.69) is 4.98 Å². The highest BCUT2D eigenvalue weighted by Crippen LogP contribution is 2.29. The normalized spacial score (nSPS) is 10.0. The third-order valence-electron chi connectivity index (χ3n) is 2.31. The molecule has 1 aromatic heterocycles. The number of anilines is 1. The highest BCUT2D eigenvalue weighted by atomic mass is 32.1.